The molecule has 3 nitrogen and oxygen atoms in total. The lowest BCUT2D eigenvalue weighted by Crippen LogP contribution is -1.79. The Morgan fingerprint density at radius 1 is 1.27 bits per heavy atom. The van der Waals surface area contributed by atoms with Gasteiger partial charge in [0, 0.05) is 13.3 Å². The molecule has 0 aliphatic rings. The normalized spacial score (nSPS) is 10.6. The minimum Gasteiger partial charge on any atom is -0.504 e. The Hall–Kier alpha value is -1.51. The summed E-state index contributed by atoms with van der Waals surface area (Å²) in [7, 11) is 1.64. The smallest absolute Gasteiger partial charge is 0.158 e. The average molecular weight is 151 g/mol. The van der Waals surface area contributed by atoms with Gasteiger partial charge >= 0.3 is 0 Å². The Kier molecular flexibility index (Phi) is 2.11. The molecule has 0 unspecified atom stereocenters. The van der Waals surface area contributed by atoms with E-state index in [1.807, 2.05) is 0 Å². The highest BCUT2D eigenvalue weighted by atomic mass is 16.3. The number of aromatic hydroxyl groups is 2. The lowest BCUT2D eigenvalue weighted by Gasteiger charge is -1.96. The molecule has 1 aromatic carbocycles. The predicted molar refractivity (Wildman–Crippen MR) is 43.3 cm³/mol. The summed E-state index contributed by atoms with van der Waals surface area (Å²) in [5.41, 5.74) is 0.766. The van der Waals surface area contributed by atoms with E-state index in [-0.39, 0.29) is 11.5 Å². The zero-order chi connectivity index (χ0) is 8.27. The van der Waals surface area contributed by atoms with Gasteiger partial charge in [-0.25, -0.2) is 0 Å². The van der Waals surface area contributed by atoms with Gasteiger partial charge in [-0.1, -0.05) is 0 Å². The van der Waals surface area contributed by atoms with Crippen molar-refractivity contribution in [3.05, 3.63) is 23.8 Å². The molecule has 0 amide bonds. The summed E-state index contributed by atoms with van der Waals surface area (Å²) in [4.78, 5) is 3.76. The molecule has 0 aliphatic carbocycles. The quantitative estimate of drug-likeness (QED) is 0.467. The van der Waals surface area contributed by atoms with E-state index in [9.17, 15) is 0 Å². The molecule has 0 atom stereocenters. The monoisotopic (exact) mass is 151 g/mol. The van der Waals surface area contributed by atoms with Gasteiger partial charge in [0.05, 0.1) is 0 Å². The number of aliphatic imine (C=N–C) groups is 1. The zero-order valence-electron chi connectivity index (χ0n) is 6.15. The van der Waals surface area contributed by atoms with Crippen LogP contribution in [0.15, 0.2) is 23.2 Å². The van der Waals surface area contributed by atoms with Gasteiger partial charge < -0.3 is 10.2 Å². The lowest BCUT2D eigenvalue weighted by molar-refractivity contribution is 0.403. The molecule has 58 valence electrons. The summed E-state index contributed by atoms with van der Waals surface area (Å²) >= 11 is 0. The fraction of sp³-hybridized carbons (Fsp3) is 0.125. The summed E-state index contributed by atoms with van der Waals surface area (Å²) in [5, 5.41) is 17.9. The van der Waals surface area contributed by atoms with Gasteiger partial charge in [-0.2, -0.15) is 0 Å². The molecule has 0 aliphatic heterocycles. The molecule has 0 bridgehead atoms. The minimum atomic E-state index is -0.123. The van der Waals surface area contributed by atoms with Crippen molar-refractivity contribution in [3.63, 3.8) is 0 Å². The summed E-state index contributed by atoms with van der Waals surface area (Å²) in [6.07, 6.45) is 1.60. The molecule has 0 saturated carbocycles. The number of rotatable bonds is 1. The molecule has 0 spiro atoms. The Bertz CT molecular complexity index is 281. The first kappa shape index (κ1) is 7.60. The molecule has 0 fully saturated rings. The highest BCUT2D eigenvalue weighted by molar-refractivity contribution is 5.80. The molecular formula is C8H9NO2. The fourth-order valence-electron chi connectivity index (χ4n) is 0.770. The van der Waals surface area contributed by atoms with E-state index in [1.165, 1.54) is 12.1 Å². The van der Waals surface area contributed by atoms with Crippen LogP contribution < -0.4 is 0 Å². The van der Waals surface area contributed by atoms with E-state index in [0.717, 1.165) is 5.56 Å². The Balaban J connectivity index is 3.05. The van der Waals surface area contributed by atoms with E-state index in [2.05, 4.69) is 4.99 Å². The van der Waals surface area contributed by atoms with Crippen LogP contribution in [0.3, 0.4) is 0 Å². The van der Waals surface area contributed by atoms with Crippen molar-refractivity contribution in [1.82, 2.24) is 0 Å². The molecular weight excluding hydrogens is 142 g/mol. The topological polar surface area (TPSA) is 52.8 Å². The number of benzene rings is 1. The third kappa shape index (κ3) is 1.70. The molecule has 11 heavy (non-hydrogen) atoms. The van der Waals surface area contributed by atoms with E-state index in [4.69, 9.17) is 10.2 Å². The van der Waals surface area contributed by atoms with Crippen LogP contribution >= 0.6 is 0 Å². The summed E-state index contributed by atoms with van der Waals surface area (Å²) in [5.74, 6) is -0.236. The van der Waals surface area contributed by atoms with E-state index in [0.29, 0.717) is 0 Å². The van der Waals surface area contributed by atoms with Gasteiger partial charge in [0.15, 0.2) is 11.5 Å². The molecule has 3 heteroatoms. The van der Waals surface area contributed by atoms with Crippen LogP contribution in [0.1, 0.15) is 5.56 Å². The Labute approximate surface area is 64.6 Å². The van der Waals surface area contributed by atoms with Crippen molar-refractivity contribution >= 4 is 6.21 Å². The molecule has 2 N–H and O–H groups in total. The number of nitrogens with zero attached hydrogens (tertiary/aromatic N) is 1. The van der Waals surface area contributed by atoms with Crippen LogP contribution in [0.5, 0.6) is 11.5 Å². The van der Waals surface area contributed by atoms with Crippen molar-refractivity contribution in [2.45, 2.75) is 0 Å². The highest BCUT2D eigenvalue weighted by Crippen LogP contribution is 2.23. The molecule has 0 heterocycles. The van der Waals surface area contributed by atoms with Gasteiger partial charge in [0.2, 0.25) is 0 Å². The van der Waals surface area contributed by atoms with Crippen LogP contribution in [0.4, 0.5) is 0 Å². The Morgan fingerprint density at radius 3 is 2.55 bits per heavy atom. The van der Waals surface area contributed by atoms with Crippen LogP contribution in [0.25, 0.3) is 0 Å². The second kappa shape index (κ2) is 3.05. The van der Waals surface area contributed by atoms with Crippen LogP contribution in [-0.4, -0.2) is 23.5 Å². The predicted octanol–water partition coefficient (Wildman–Crippen LogP) is 1.15. The van der Waals surface area contributed by atoms with Gasteiger partial charge in [-0.15, -0.1) is 0 Å². The van der Waals surface area contributed by atoms with Crippen LogP contribution in [0, 0.1) is 0 Å². The van der Waals surface area contributed by atoms with Gasteiger partial charge in [-0.05, 0) is 23.8 Å². The van der Waals surface area contributed by atoms with Gasteiger partial charge in [0.1, 0.15) is 0 Å². The molecule has 1 aromatic rings. The second-order valence-electron chi connectivity index (χ2n) is 2.14. The maximum absolute atomic E-state index is 9.02. The molecule has 1 rings (SSSR count). The third-order valence-corrected chi connectivity index (χ3v) is 1.28. The number of hydrogen-bond acceptors (Lipinski definition) is 3. The fourth-order valence-corrected chi connectivity index (χ4v) is 0.770. The van der Waals surface area contributed by atoms with Crippen molar-refractivity contribution in [1.29, 1.82) is 0 Å². The van der Waals surface area contributed by atoms with Crippen molar-refractivity contribution in [2.75, 3.05) is 7.05 Å². The standard InChI is InChI=1S/C8H9NO2/c1-9-5-6-2-3-7(10)8(11)4-6/h2-5,10-11H,1H3. The number of phenols is 2. The van der Waals surface area contributed by atoms with Crippen LogP contribution in [-0.2, 0) is 0 Å². The van der Waals surface area contributed by atoms with Crippen molar-refractivity contribution < 1.29 is 10.2 Å². The summed E-state index contributed by atoms with van der Waals surface area (Å²) in [6, 6.07) is 4.54. The minimum absolute atomic E-state index is 0.113. The maximum atomic E-state index is 9.02. The lowest BCUT2D eigenvalue weighted by atomic mass is 10.2. The van der Waals surface area contributed by atoms with E-state index >= 15 is 0 Å². The summed E-state index contributed by atoms with van der Waals surface area (Å²) < 4.78 is 0. The zero-order valence-corrected chi connectivity index (χ0v) is 6.15. The van der Waals surface area contributed by atoms with E-state index < -0.39 is 0 Å². The van der Waals surface area contributed by atoms with Gasteiger partial charge in [0.25, 0.3) is 0 Å². The Morgan fingerprint density at radius 2 is 2.00 bits per heavy atom. The molecule has 0 saturated heterocycles. The summed E-state index contributed by atoms with van der Waals surface area (Å²) in [6.45, 7) is 0. The maximum Gasteiger partial charge on any atom is 0.158 e. The first-order valence-corrected chi connectivity index (χ1v) is 3.18. The van der Waals surface area contributed by atoms with Crippen molar-refractivity contribution in [2.24, 2.45) is 4.99 Å². The molecule has 0 aromatic heterocycles. The molecule has 0 radical (unpaired) electrons. The third-order valence-electron chi connectivity index (χ3n) is 1.28. The SMILES string of the molecule is CN=Cc1ccc(O)c(O)c1. The highest BCUT2D eigenvalue weighted by Gasteiger charge is 1.96. The first-order chi connectivity index (χ1) is 5.24. The largest absolute Gasteiger partial charge is 0.504 e. The average Bonchev–Trinajstić information content (AvgIpc) is 1.98. The second-order valence-corrected chi connectivity index (χ2v) is 2.14. The number of hydrogen-bond donors (Lipinski definition) is 2. The van der Waals surface area contributed by atoms with Crippen molar-refractivity contribution in [3.8, 4) is 11.5 Å². The van der Waals surface area contributed by atoms with E-state index in [1.54, 1.807) is 19.3 Å². The first-order valence-electron chi connectivity index (χ1n) is 3.18. The van der Waals surface area contributed by atoms with Gasteiger partial charge in [-0.3, -0.25) is 4.99 Å². The van der Waals surface area contributed by atoms with Crippen LogP contribution in [0.2, 0.25) is 0 Å². The number of phenolic OH excluding ortho intramolecular Hbond substituents is 2.